The van der Waals surface area contributed by atoms with E-state index in [1.165, 1.54) is 30.3 Å². The molecule has 4 rings (SSSR count). The molecule has 1 N–H and O–H groups in total. The predicted octanol–water partition coefficient (Wildman–Crippen LogP) is 4.01. The van der Waals surface area contributed by atoms with E-state index in [0.717, 1.165) is 17.8 Å². The fourth-order valence-electron chi connectivity index (χ4n) is 3.73. The van der Waals surface area contributed by atoms with Gasteiger partial charge < -0.3 is 5.21 Å². The number of carbonyl (C=O) groups is 2. The zero-order valence-electron chi connectivity index (χ0n) is 19.0. The minimum atomic E-state index is -4.13. The van der Waals surface area contributed by atoms with Crippen molar-refractivity contribution >= 4 is 39.1 Å². The van der Waals surface area contributed by atoms with Crippen LogP contribution < -0.4 is 9.45 Å². The number of carbonyl (C=O) groups excluding carboxylic acids is 2. The van der Waals surface area contributed by atoms with Gasteiger partial charge in [-0.1, -0.05) is 44.5 Å². The molecule has 182 valence electrons. The third kappa shape index (κ3) is 4.46. The number of sulfonamides is 1. The second-order valence-corrected chi connectivity index (χ2v) is 11.1. The van der Waals surface area contributed by atoms with Crippen LogP contribution in [0.4, 0.5) is 10.1 Å². The molecule has 3 aromatic rings. The average Bonchev–Trinajstić information content (AvgIpc) is 3.03. The van der Waals surface area contributed by atoms with E-state index in [9.17, 15) is 27.6 Å². The van der Waals surface area contributed by atoms with Crippen LogP contribution in [-0.2, 0) is 22.0 Å². The van der Waals surface area contributed by atoms with E-state index < -0.39 is 39.9 Å². The summed E-state index contributed by atoms with van der Waals surface area (Å²) in [4.78, 5) is 26.8. The van der Waals surface area contributed by atoms with Crippen LogP contribution in [0.2, 0.25) is 5.02 Å². The van der Waals surface area contributed by atoms with Gasteiger partial charge in [-0.05, 0) is 41.3 Å². The van der Waals surface area contributed by atoms with Gasteiger partial charge in [0.1, 0.15) is 6.54 Å². The lowest BCUT2D eigenvalue weighted by Crippen LogP contribution is -2.39. The maximum atomic E-state index is 14.2. The van der Waals surface area contributed by atoms with Gasteiger partial charge in [-0.15, -0.1) is 0 Å². The normalized spacial score (nSPS) is 13.8. The van der Waals surface area contributed by atoms with Crippen molar-refractivity contribution in [3.8, 4) is 0 Å². The highest BCUT2D eigenvalue weighted by molar-refractivity contribution is 7.92. The van der Waals surface area contributed by atoms with Gasteiger partial charge in [-0.3, -0.25) is 19.2 Å². The van der Waals surface area contributed by atoms with Gasteiger partial charge in [0, 0.05) is 6.07 Å². The van der Waals surface area contributed by atoms with Gasteiger partial charge in [0.05, 0.1) is 26.7 Å². The maximum absolute atomic E-state index is 14.2. The van der Waals surface area contributed by atoms with Crippen molar-refractivity contribution in [3.05, 3.63) is 93.2 Å². The fraction of sp³-hybridized carbons (Fsp3) is 0.208. The molecule has 0 saturated heterocycles. The quantitative estimate of drug-likeness (QED) is 0.312. The third-order valence-corrected chi connectivity index (χ3v) is 7.36. The molecule has 1 aliphatic heterocycles. The SMILES string of the molecule is CC(C)(C)c1ccc(S(=O)(=O)Nc2ccc(Cl)c3c2C(=O)N(Cc2c(F)ccc[n+]2[O-])C3=O)cc1. The first-order chi connectivity index (χ1) is 16.3. The average molecular weight is 518 g/mol. The summed E-state index contributed by atoms with van der Waals surface area (Å²) < 4.78 is 42.8. The van der Waals surface area contributed by atoms with Crippen molar-refractivity contribution in [1.82, 2.24) is 4.90 Å². The molecule has 1 aliphatic rings. The lowest BCUT2D eigenvalue weighted by molar-refractivity contribution is -0.616. The summed E-state index contributed by atoms with van der Waals surface area (Å²) in [5, 5.41) is 11.9. The van der Waals surface area contributed by atoms with Crippen LogP contribution in [0.1, 0.15) is 52.7 Å². The summed E-state index contributed by atoms with van der Waals surface area (Å²) in [5.41, 5.74) is -0.347. The lowest BCUT2D eigenvalue weighted by Gasteiger charge is -2.19. The monoisotopic (exact) mass is 517 g/mol. The van der Waals surface area contributed by atoms with Crippen LogP contribution in [0.5, 0.6) is 0 Å². The fourth-order valence-corrected chi connectivity index (χ4v) is 5.04. The number of halogens is 2. The summed E-state index contributed by atoms with van der Waals surface area (Å²) in [6.07, 6.45) is 1.04. The zero-order valence-corrected chi connectivity index (χ0v) is 20.6. The van der Waals surface area contributed by atoms with Crippen molar-refractivity contribution in [2.24, 2.45) is 0 Å². The first kappa shape index (κ1) is 24.6. The lowest BCUT2D eigenvalue weighted by atomic mass is 9.87. The Morgan fingerprint density at radius 1 is 1.03 bits per heavy atom. The topological polar surface area (TPSA) is 110 Å². The molecule has 0 radical (unpaired) electrons. The number of imide groups is 1. The summed E-state index contributed by atoms with van der Waals surface area (Å²) in [5.74, 6) is -2.67. The van der Waals surface area contributed by atoms with Crippen LogP contribution in [0.15, 0.2) is 59.6 Å². The largest absolute Gasteiger partial charge is 0.618 e. The molecule has 35 heavy (non-hydrogen) atoms. The molecule has 0 fully saturated rings. The number of anilines is 1. The van der Waals surface area contributed by atoms with Crippen molar-refractivity contribution in [2.75, 3.05) is 4.72 Å². The third-order valence-electron chi connectivity index (χ3n) is 5.66. The molecule has 2 amide bonds. The molecule has 0 aliphatic carbocycles. The summed E-state index contributed by atoms with van der Waals surface area (Å²) >= 11 is 6.16. The van der Waals surface area contributed by atoms with Crippen molar-refractivity contribution < 1.29 is 27.1 Å². The van der Waals surface area contributed by atoms with Crippen molar-refractivity contribution in [3.63, 3.8) is 0 Å². The Kier molecular flexibility index (Phi) is 6.06. The molecule has 11 heteroatoms. The number of amides is 2. The molecule has 0 unspecified atom stereocenters. The van der Waals surface area contributed by atoms with Crippen LogP contribution in [0.3, 0.4) is 0 Å². The van der Waals surface area contributed by atoms with Gasteiger partial charge in [0.25, 0.3) is 21.8 Å². The second kappa shape index (κ2) is 8.62. The number of hydrogen-bond donors (Lipinski definition) is 1. The van der Waals surface area contributed by atoms with Gasteiger partial charge in [0.2, 0.25) is 5.69 Å². The summed E-state index contributed by atoms with van der Waals surface area (Å²) in [6.45, 7) is 5.33. The first-order valence-corrected chi connectivity index (χ1v) is 12.4. The van der Waals surface area contributed by atoms with Gasteiger partial charge in [-0.25, -0.2) is 8.42 Å². The molecule has 1 aromatic heterocycles. The van der Waals surface area contributed by atoms with Crippen molar-refractivity contribution in [1.29, 1.82) is 0 Å². The van der Waals surface area contributed by atoms with E-state index in [-0.39, 0.29) is 36.9 Å². The Morgan fingerprint density at radius 2 is 1.66 bits per heavy atom. The molecule has 0 saturated carbocycles. The molecule has 0 spiro atoms. The number of fused-ring (bicyclic) bond motifs is 1. The number of hydrogen-bond acceptors (Lipinski definition) is 5. The molecule has 0 atom stereocenters. The number of aromatic nitrogens is 1. The Bertz CT molecular complexity index is 1450. The molecular formula is C24H21ClFN3O5S. The van der Waals surface area contributed by atoms with Gasteiger partial charge in [0.15, 0.2) is 12.0 Å². The van der Waals surface area contributed by atoms with Crippen LogP contribution in [0, 0.1) is 11.0 Å². The van der Waals surface area contributed by atoms with E-state index >= 15 is 0 Å². The van der Waals surface area contributed by atoms with Crippen molar-refractivity contribution in [2.45, 2.75) is 37.6 Å². The zero-order chi connectivity index (χ0) is 25.7. The molecule has 0 bridgehead atoms. The highest BCUT2D eigenvalue weighted by Crippen LogP contribution is 2.36. The van der Waals surface area contributed by atoms with Crippen LogP contribution in [0.25, 0.3) is 0 Å². The van der Waals surface area contributed by atoms with E-state index in [1.807, 2.05) is 20.8 Å². The van der Waals surface area contributed by atoms with Crippen LogP contribution in [-0.4, -0.2) is 25.1 Å². The smallest absolute Gasteiger partial charge is 0.264 e. The van der Waals surface area contributed by atoms with Gasteiger partial charge in [-0.2, -0.15) is 9.12 Å². The molecular weight excluding hydrogens is 497 g/mol. The number of nitrogens with one attached hydrogen (secondary N) is 1. The Balaban J connectivity index is 1.70. The molecule has 2 aromatic carbocycles. The van der Waals surface area contributed by atoms with Gasteiger partial charge >= 0.3 is 0 Å². The number of rotatable bonds is 5. The standard InChI is InChI=1S/C24H21ClFN3O5S/c1-24(2,3)14-6-8-15(9-7-14)35(33,34)27-18-11-10-16(25)20-21(18)23(31)28(22(20)30)13-19-17(26)5-4-12-29(19)32/h4-12,27H,13H2,1-3H3. The Labute approximate surface area is 206 Å². The summed E-state index contributed by atoms with van der Waals surface area (Å²) in [7, 11) is -4.13. The van der Waals surface area contributed by atoms with Crippen LogP contribution >= 0.6 is 11.6 Å². The molecule has 2 heterocycles. The highest BCUT2D eigenvalue weighted by atomic mass is 35.5. The number of benzene rings is 2. The number of pyridine rings is 1. The minimum Gasteiger partial charge on any atom is -0.618 e. The van der Waals surface area contributed by atoms with E-state index in [1.54, 1.807) is 12.1 Å². The summed E-state index contributed by atoms with van der Waals surface area (Å²) in [6, 6.07) is 11.1. The first-order valence-electron chi connectivity index (χ1n) is 10.5. The maximum Gasteiger partial charge on any atom is 0.264 e. The second-order valence-electron chi connectivity index (χ2n) is 9.05. The predicted molar refractivity (Wildman–Crippen MR) is 127 cm³/mol. The Morgan fingerprint density at radius 3 is 2.26 bits per heavy atom. The Hall–Kier alpha value is -3.50. The molecule has 8 nitrogen and oxygen atoms in total. The number of nitrogens with zero attached hydrogens (tertiary/aromatic N) is 2. The van der Waals surface area contributed by atoms with E-state index in [4.69, 9.17) is 11.6 Å². The van der Waals surface area contributed by atoms with E-state index in [0.29, 0.717) is 4.90 Å². The minimum absolute atomic E-state index is 0.0402. The van der Waals surface area contributed by atoms with E-state index in [2.05, 4.69) is 4.72 Å². The highest BCUT2D eigenvalue weighted by Gasteiger charge is 2.41.